The second kappa shape index (κ2) is 7.76. The van der Waals surface area contributed by atoms with E-state index < -0.39 is 0 Å². The fourth-order valence-electron chi connectivity index (χ4n) is 2.05. The second-order valence-corrected chi connectivity index (χ2v) is 6.94. The highest BCUT2D eigenvalue weighted by Crippen LogP contribution is 2.27. The SMILES string of the molecule is CCC(C)Oc1ccc(PC(=O)c2c(C)cccc2Cl)cc1. The smallest absolute Gasteiger partial charge is 0.187 e. The van der Waals surface area contributed by atoms with Crippen molar-refractivity contribution in [1.82, 2.24) is 0 Å². The summed E-state index contributed by atoms with van der Waals surface area (Å²) < 4.78 is 5.74. The molecule has 4 heteroatoms. The van der Waals surface area contributed by atoms with Gasteiger partial charge in [-0.05, 0) is 57.9 Å². The molecule has 0 bridgehead atoms. The van der Waals surface area contributed by atoms with Crippen LogP contribution in [0.2, 0.25) is 5.02 Å². The Balaban J connectivity index is 2.09. The molecule has 116 valence electrons. The number of ether oxygens (including phenoxy) is 1. The molecule has 0 aliphatic rings. The van der Waals surface area contributed by atoms with Crippen LogP contribution in [0.3, 0.4) is 0 Å². The molecule has 0 aromatic heterocycles. The van der Waals surface area contributed by atoms with Gasteiger partial charge in [0, 0.05) is 5.56 Å². The number of rotatable bonds is 6. The second-order valence-electron chi connectivity index (χ2n) is 5.25. The lowest BCUT2D eigenvalue weighted by Crippen LogP contribution is -2.10. The van der Waals surface area contributed by atoms with E-state index in [2.05, 4.69) is 6.92 Å². The maximum atomic E-state index is 12.5. The Morgan fingerprint density at radius 1 is 1.23 bits per heavy atom. The Morgan fingerprint density at radius 3 is 2.50 bits per heavy atom. The molecular weight excluding hydrogens is 315 g/mol. The van der Waals surface area contributed by atoms with Gasteiger partial charge in [-0.1, -0.05) is 42.8 Å². The Morgan fingerprint density at radius 2 is 1.91 bits per heavy atom. The van der Waals surface area contributed by atoms with Gasteiger partial charge in [0.1, 0.15) is 5.75 Å². The van der Waals surface area contributed by atoms with Gasteiger partial charge in [-0.25, -0.2) is 0 Å². The summed E-state index contributed by atoms with van der Waals surface area (Å²) in [6, 6.07) is 13.3. The highest BCUT2D eigenvalue weighted by Gasteiger charge is 2.14. The lowest BCUT2D eigenvalue weighted by Gasteiger charge is -2.13. The van der Waals surface area contributed by atoms with Crippen LogP contribution >= 0.6 is 20.2 Å². The molecule has 0 aliphatic heterocycles. The fraction of sp³-hybridized carbons (Fsp3) is 0.278. The van der Waals surface area contributed by atoms with Crippen molar-refractivity contribution < 1.29 is 9.53 Å². The number of aryl methyl sites for hydroxylation is 1. The largest absolute Gasteiger partial charge is 0.491 e. The zero-order valence-corrected chi connectivity index (χ0v) is 14.8. The summed E-state index contributed by atoms with van der Waals surface area (Å²) in [5.41, 5.74) is 1.61. The lowest BCUT2D eigenvalue weighted by atomic mass is 10.1. The molecule has 2 aromatic rings. The summed E-state index contributed by atoms with van der Waals surface area (Å²) in [5, 5.41) is 1.51. The van der Waals surface area contributed by atoms with Crippen molar-refractivity contribution in [3.05, 3.63) is 58.6 Å². The first kappa shape index (κ1) is 17.0. The van der Waals surface area contributed by atoms with Crippen LogP contribution in [-0.2, 0) is 0 Å². The van der Waals surface area contributed by atoms with Gasteiger partial charge in [-0.3, -0.25) is 4.79 Å². The highest BCUT2D eigenvalue weighted by atomic mass is 35.5. The predicted molar refractivity (Wildman–Crippen MR) is 95.3 cm³/mol. The summed E-state index contributed by atoms with van der Waals surface area (Å²) in [7, 11) is 0.0621. The van der Waals surface area contributed by atoms with Crippen LogP contribution in [0, 0.1) is 6.92 Å². The van der Waals surface area contributed by atoms with Gasteiger partial charge in [0.15, 0.2) is 5.52 Å². The van der Waals surface area contributed by atoms with E-state index in [1.165, 1.54) is 0 Å². The summed E-state index contributed by atoms with van der Waals surface area (Å²) >= 11 is 6.15. The molecule has 2 nitrogen and oxygen atoms in total. The van der Waals surface area contributed by atoms with Crippen LogP contribution in [0.15, 0.2) is 42.5 Å². The molecule has 22 heavy (non-hydrogen) atoms. The molecule has 0 saturated carbocycles. The first-order valence-corrected chi connectivity index (χ1v) is 8.72. The zero-order chi connectivity index (χ0) is 16.1. The Labute approximate surface area is 138 Å². The Kier molecular flexibility index (Phi) is 5.99. The maximum Gasteiger partial charge on any atom is 0.187 e. The molecule has 0 saturated heterocycles. The standard InChI is InChI=1S/C18H20ClO2P/c1-4-13(3)21-14-8-10-15(11-9-14)22-18(20)17-12(2)6-5-7-16(17)19/h5-11,13,22H,4H2,1-3H3. The number of halogens is 1. The zero-order valence-electron chi connectivity index (χ0n) is 13.0. The van der Waals surface area contributed by atoms with Crippen molar-refractivity contribution in [2.75, 3.05) is 0 Å². The third-order valence-electron chi connectivity index (χ3n) is 3.47. The summed E-state index contributed by atoms with van der Waals surface area (Å²) in [4.78, 5) is 12.5. The van der Waals surface area contributed by atoms with Crippen molar-refractivity contribution in [2.24, 2.45) is 0 Å². The van der Waals surface area contributed by atoms with Crippen LogP contribution in [0.1, 0.15) is 36.2 Å². The lowest BCUT2D eigenvalue weighted by molar-refractivity contribution is 0.108. The molecule has 0 amide bonds. The third-order valence-corrected chi connectivity index (χ3v) is 4.89. The Hall–Kier alpha value is -1.37. The van der Waals surface area contributed by atoms with E-state index in [-0.39, 0.29) is 20.2 Å². The fourth-order valence-corrected chi connectivity index (χ4v) is 3.48. The van der Waals surface area contributed by atoms with Crippen molar-refractivity contribution in [2.45, 2.75) is 33.3 Å². The molecule has 0 heterocycles. The highest BCUT2D eigenvalue weighted by molar-refractivity contribution is 7.66. The average molecular weight is 335 g/mol. The molecule has 2 atom stereocenters. The molecular formula is C18H20ClO2P. The molecule has 0 aliphatic carbocycles. The third kappa shape index (κ3) is 4.32. The maximum absolute atomic E-state index is 12.5. The summed E-state index contributed by atoms with van der Waals surface area (Å²) in [5.74, 6) is 0.837. The summed E-state index contributed by atoms with van der Waals surface area (Å²) in [6.07, 6.45) is 1.16. The predicted octanol–water partition coefficient (Wildman–Crippen LogP) is 4.97. The summed E-state index contributed by atoms with van der Waals surface area (Å²) in [6.45, 7) is 6.04. The van der Waals surface area contributed by atoms with Crippen LogP contribution in [-0.4, -0.2) is 11.6 Å². The number of hydrogen-bond donors (Lipinski definition) is 0. The molecule has 0 radical (unpaired) electrons. The van der Waals surface area contributed by atoms with Gasteiger partial charge < -0.3 is 4.74 Å². The van der Waals surface area contributed by atoms with Crippen LogP contribution in [0.5, 0.6) is 5.75 Å². The number of hydrogen-bond acceptors (Lipinski definition) is 2. The Bertz CT molecular complexity index is 632. The van der Waals surface area contributed by atoms with E-state index in [9.17, 15) is 4.79 Å². The molecule has 2 rings (SSSR count). The van der Waals surface area contributed by atoms with Crippen LogP contribution < -0.4 is 10.0 Å². The van der Waals surface area contributed by atoms with E-state index in [0.29, 0.717) is 10.6 Å². The van der Waals surface area contributed by atoms with Gasteiger partial charge in [-0.15, -0.1) is 0 Å². The quantitative estimate of drug-likeness (QED) is 0.697. The van der Waals surface area contributed by atoms with E-state index in [4.69, 9.17) is 16.3 Å². The normalized spacial score (nSPS) is 12.5. The van der Waals surface area contributed by atoms with Gasteiger partial charge in [0.05, 0.1) is 11.1 Å². The van der Waals surface area contributed by atoms with Crippen molar-refractivity contribution in [3.8, 4) is 5.75 Å². The molecule has 2 unspecified atom stereocenters. The van der Waals surface area contributed by atoms with Crippen molar-refractivity contribution in [3.63, 3.8) is 0 Å². The van der Waals surface area contributed by atoms with Crippen LogP contribution in [0.25, 0.3) is 0 Å². The minimum Gasteiger partial charge on any atom is -0.491 e. The van der Waals surface area contributed by atoms with Crippen molar-refractivity contribution >= 4 is 31.0 Å². The van der Waals surface area contributed by atoms with Crippen molar-refractivity contribution in [1.29, 1.82) is 0 Å². The first-order valence-electron chi connectivity index (χ1n) is 7.34. The molecule has 0 fully saturated rings. The van der Waals surface area contributed by atoms with E-state index in [0.717, 1.165) is 23.0 Å². The van der Waals surface area contributed by atoms with Crippen LogP contribution in [0.4, 0.5) is 0 Å². The first-order chi connectivity index (χ1) is 10.5. The van der Waals surface area contributed by atoms with Gasteiger partial charge >= 0.3 is 0 Å². The minimum atomic E-state index is 0.0621. The average Bonchev–Trinajstić information content (AvgIpc) is 2.49. The number of carbonyl (C=O) groups excluding carboxylic acids is 1. The van der Waals surface area contributed by atoms with E-state index in [1.807, 2.05) is 50.2 Å². The molecule has 2 aromatic carbocycles. The van der Waals surface area contributed by atoms with E-state index in [1.54, 1.807) is 6.07 Å². The molecule has 0 N–H and O–H groups in total. The van der Waals surface area contributed by atoms with Gasteiger partial charge in [0.2, 0.25) is 0 Å². The number of benzene rings is 2. The topological polar surface area (TPSA) is 26.3 Å². The van der Waals surface area contributed by atoms with E-state index >= 15 is 0 Å². The monoisotopic (exact) mass is 334 g/mol. The van der Waals surface area contributed by atoms with Gasteiger partial charge in [0.25, 0.3) is 0 Å². The minimum absolute atomic E-state index is 0.0621. The molecule has 0 spiro atoms. The van der Waals surface area contributed by atoms with Gasteiger partial charge in [-0.2, -0.15) is 0 Å². The number of carbonyl (C=O) groups is 1.